The van der Waals surface area contributed by atoms with Gasteiger partial charge in [-0.2, -0.15) is 5.10 Å². The second-order valence-electron chi connectivity index (χ2n) is 4.88. The molecular formula is C16H23N3O2. The fraction of sp³-hybridized carbons (Fsp3) is 0.438. The summed E-state index contributed by atoms with van der Waals surface area (Å²) in [7, 11) is 1.90. The Morgan fingerprint density at radius 2 is 1.81 bits per heavy atom. The first-order valence-electron chi connectivity index (χ1n) is 7.22. The molecule has 2 aromatic rings. The van der Waals surface area contributed by atoms with Crippen molar-refractivity contribution in [3.8, 4) is 11.5 Å². The minimum absolute atomic E-state index is 0.244. The van der Waals surface area contributed by atoms with E-state index >= 15 is 0 Å². The van der Waals surface area contributed by atoms with Gasteiger partial charge in [-0.3, -0.25) is 4.68 Å². The smallest absolute Gasteiger partial charge is 0.161 e. The summed E-state index contributed by atoms with van der Waals surface area (Å²) in [5.74, 6) is 1.47. The van der Waals surface area contributed by atoms with Crippen molar-refractivity contribution < 1.29 is 9.47 Å². The summed E-state index contributed by atoms with van der Waals surface area (Å²) in [6.07, 6.45) is 0. The Balaban J connectivity index is 2.35. The van der Waals surface area contributed by atoms with Crippen molar-refractivity contribution in [3.05, 3.63) is 41.2 Å². The molecule has 0 spiro atoms. The van der Waals surface area contributed by atoms with Gasteiger partial charge in [0.1, 0.15) is 0 Å². The van der Waals surface area contributed by atoms with Gasteiger partial charge < -0.3 is 15.2 Å². The Labute approximate surface area is 125 Å². The molecule has 0 aliphatic rings. The van der Waals surface area contributed by atoms with Gasteiger partial charge in [0.15, 0.2) is 11.5 Å². The van der Waals surface area contributed by atoms with Crippen LogP contribution >= 0.6 is 0 Å². The predicted molar refractivity (Wildman–Crippen MR) is 82.8 cm³/mol. The van der Waals surface area contributed by atoms with Gasteiger partial charge in [0, 0.05) is 7.05 Å². The largest absolute Gasteiger partial charge is 0.490 e. The molecule has 0 saturated carbocycles. The zero-order valence-electron chi connectivity index (χ0n) is 13.1. The van der Waals surface area contributed by atoms with Gasteiger partial charge >= 0.3 is 0 Å². The van der Waals surface area contributed by atoms with Gasteiger partial charge in [-0.15, -0.1) is 0 Å². The second-order valence-corrected chi connectivity index (χ2v) is 4.88. The van der Waals surface area contributed by atoms with Crippen LogP contribution in [0.25, 0.3) is 0 Å². The van der Waals surface area contributed by atoms with Crippen LogP contribution in [0.15, 0.2) is 24.3 Å². The summed E-state index contributed by atoms with van der Waals surface area (Å²) in [4.78, 5) is 0. The lowest BCUT2D eigenvalue weighted by molar-refractivity contribution is 0.287. The Bertz CT molecular complexity index is 608. The van der Waals surface area contributed by atoms with E-state index in [9.17, 15) is 0 Å². The van der Waals surface area contributed by atoms with Gasteiger partial charge in [0.2, 0.25) is 0 Å². The SMILES string of the molecule is CCOc1ccc(C(N)c2cc(C)nn2C)cc1OCC. The van der Waals surface area contributed by atoms with Gasteiger partial charge in [0.05, 0.1) is 30.6 Å². The highest BCUT2D eigenvalue weighted by molar-refractivity contribution is 5.45. The van der Waals surface area contributed by atoms with E-state index in [-0.39, 0.29) is 6.04 Å². The third-order valence-electron chi connectivity index (χ3n) is 3.28. The molecule has 0 aliphatic heterocycles. The summed E-state index contributed by atoms with van der Waals surface area (Å²) in [6.45, 7) is 7.05. The van der Waals surface area contributed by atoms with Crippen molar-refractivity contribution in [1.82, 2.24) is 9.78 Å². The first-order valence-corrected chi connectivity index (χ1v) is 7.22. The third kappa shape index (κ3) is 3.36. The van der Waals surface area contributed by atoms with Crippen molar-refractivity contribution in [2.24, 2.45) is 12.8 Å². The lowest BCUT2D eigenvalue weighted by Crippen LogP contribution is -2.16. The lowest BCUT2D eigenvalue weighted by atomic mass is 10.0. The van der Waals surface area contributed by atoms with Crippen molar-refractivity contribution in [1.29, 1.82) is 0 Å². The maximum Gasteiger partial charge on any atom is 0.161 e. The van der Waals surface area contributed by atoms with E-state index in [1.807, 2.05) is 56.8 Å². The number of aryl methyl sites for hydroxylation is 2. The molecule has 1 unspecified atom stereocenters. The molecule has 1 heterocycles. The minimum atomic E-state index is -0.244. The van der Waals surface area contributed by atoms with E-state index in [0.717, 1.165) is 28.5 Å². The second kappa shape index (κ2) is 6.63. The number of hydrogen-bond acceptors (Lipinski definition) is 4. The summed E-state index contributed by atoms with van der Waals surface area (Å²) in [6, 6.07) is 7.59. The van der Waals surface area contributed by atoms with Crippen LogP contribution in [0.3, 0.4) is 0 Å². The molecular weight excluding hydrogens is 266 g/mol. The van der Waals surface area contributed by atoms with E-state index in [4.69, 9.17) is 15.2 Å². The number of benzene rings is 1. The van der Waals surface area contributed by atoms with Crippen molar-refractivity contribution in [3.63, 3.8) is 0 Å². The number of aromatic nitrogens is 2. The highest BCUT2D eigenvalue weighted by atomic mass is 16.5. The molecule has 1 atom stereocenters. The van der Waals surface area contributed by atoms with Crippen molar-refractivity contribution in [2.45, 2.75) is 26.8 Å². The van der Waals surface area contributed by atoms with E-state index in [2.05, 4.69) is 5.10 Å². The average Bonchev–Trinajstić information content (AvgIpc) is 2.79. The lowest BCUT2D eigenvalue weighted by Gasteiger charge is -2.16. The van der Waals surface area contributed by atoms with Crippen LogP contribution in [0, 0.1) is 6.92 Å². The fourth-order valence-electron chi connectivity index (χ4n) is 2.35. The number of hydrogen-bond donors (Lipinski definition) is 1. The van der Waals surface area contributed by atoms with Crippen LogP contribution in [0.2, 0.25) is 0 Å². The fourth-order valence-corrected chi connectivity index (χ4v) is 2.35. The molecule has 2 rings (SSSR count). The topological polar surface area (TPSA) is 62.3 Å². The molecule has 0 aliphatic carbocycles. The standard InChI is InChI=1S/C16H23N3O2/c1-5-20-14-8-7-12(10-15(14)21-6-2)16(17)13-9-11(3)18-19(13)4/h7-10,16H,5-6,17H2,1-4H3. The van der Waals surface area contributed by atoms with E-state index in [1.54, 1.807) is 0 Å². The summed E-state index contributed by atoms with van der Waals surface area (Å²) in [5.41, 5.74) is 9.27. The van der Waals surface area contributed by atoms with Crippen LogP contribution in [-0.4, -0.2) is 23.0 Å². The summed E-state index contributed by atoms with van der Waals surface area (Å²) >= 11 is 0. The molecule has 2 N–H and O–H groups in total. The van der Waals surface area contributed by atoms with Crippen molar-refractivity contribution in [2.75, 3.05) is 13.2 Å². The van der Waals surface area contributed by atoms with Gasteiger partial charge in [-0.25, -0.2) is 0 Å². The molecule has 5 heteroatoms. The molecule has 21 heavy (non-hydrogen) atoms. The van der Waals surface area contributed by atoms with E-state index in [1.165, 1.54) is 0 Å². The number of nitrogens with two attached hydrogens (primary N) is 1. The van der Waals surface area contributed by atoms with Gasteiger partial charge in [-0.05, 0) is 44.5 Å². The molecule has 0 amide bonds. The van der Waals surface area contributed by atoms with Crippen LogP contribution < -0.4 is 15.2 Å². The van der Waals surface area contributed by atoms with E-state index in [0.29, 0.717) is 13.2 Å². The first kappa shape index (κ1) is 15.4. The zero-order chi connectivity index (χ0) is 15.4. The highest BCUT2D eigenvalue weighted by Crippen LogP contribution is 2.32. The van der Waals surface area contributed by atoms with Crippen LogP contribution in [0.1, 0.15) is 36.8 Å². The van der Waals surface area contributed by atoms with Crippen LogP contribution in [0.4, 0.5) is 0 Å². The molecule has 0 radical (unpaired) electrons. The first-order chi connectivity index (χ1) is 10.1. The zero-order valence-corrected chi connectivity index (χ0v) is 13.1. The molecule has 0 bridgehead atoms. The number of nitrogens with zero attached hydrogens (tertiary/aromatic N) is 2. The normalized spacial score (nSPS) is 12.2. The van der Waals surface area contributed by atoms with Crippen molar-refractivity contribution >= 4 is 0 Å². The third-order valence-corrected chi connectivity index (χ3v) is 3.28. The highest BCUT2D eigenvalue weighted by Gasteiger charge is 2.16. The van der Waals surface area contributed by atoms with Crippen LogP contribution in [-0.2, 0) is 7.05 Å². The molecule has 1 aromatic carbocycles. The quantitative estimate of drug-likeness (QED) is 0.888. The molecule has 5 nitrogen and oxygen atoms in total. The van der Waals surface area contributed by atoms with E-state index < -0.39 is 0 Å². The van der Waals surface area contributed by atoms with Crippen LogP contribution in [0.5, 0.6) is 11.5 Å². The summed E-state index contributed by atoms with van der Waals surface area (Å²) in [5, 5.41) is 4.34. The predicted octanol–water partition coefficient (Wildman–Crippen LogP) is 2.57. The Morgan fingerprint density at radius 3 is 2.38 bits per heavy atom. The Hall–Kier alpha value is -2.01. The molecule has 1 aromatic heterocycles. The Morgan fingerprint density at radius 1 is 1.14 bits per heavy atom. The maximum atomic E-state index is 6.36. The minimum Gasteiger partial charge on any atom is -0.490 e. The average molecular weight is 289 g/mol. The van der Waals surface area contributed by atoms with Gasteiger partial charge in [0.25, 0.3) is 0 Å². The monoisotopic (exact) mass is 289 g/mol. The molecule has 0 saturated heterocycles. The Kier molecular flexibility index (Phi) is 4.85. The summed E-state index contributed by atoms with van der Waals surface area (Å²) < 4.78 is 13.0. The maximum absolute atomic E-state index is 6.36. The van der Waals surface area contributed by atoms with Gasteiger partial charge in [-0.1, -0.05) is 6.07 Å². The number of rotatable bonds is 6. The molecule has 114 valence electrons. The molecule has 0 fully saturated rings. The number of ether oxygens (including phenoxy) is 2.